The molecule has 0 radical (unpaired) electrons. The van der Waals surface area contributed by atoms with E-state index in [0.29, 0.717) is 11.4 Å². The fraction of sp³-hybridized carbons (Fsp3) is 0.214. The van der Waals surface area contributed by atoms with Gasteiger partial charge in [-0.15, -0.1) is 0 Å². The third kappa shape index (κ3) is 10.6. The largest absolute Gasteiger partial charge is 0.351 e. The Hall–Kier alpha value is -5.22. The van der Waals surface area contributed by atoms with Crippen LogP contribution in [0.3, 0.4) is 0 Å². The Morgan fingerprint density at radius 2 is 1.05 bits per heavy atom. The average molecular weight is 639 g/mol. The first-order valence-corrected chi connectivity index (χ1v) is 14.0. The molecule has 3 aromatic carbocycles. The van der Waals surface area contributed by atoms with Crippen LogP contribution in [-0.4, -0.2) is 44.0 Å². The Morgan fingerprint density at radius 1 is 0.682 bits per heavy atom. The lowest BCUT2D eigenvalue weighted by Gasteiger charge is -2.18. The number of carbonyl (C=O) groups excluding carboxylic acids is 2. The van der Waals surface area contributed by atoms with Gasteiger partial charge in [0.25, 0.3) is 11.4 Å². The minimum absolute atomic E-state index is 0.0452. The van der Waals surface area contributed by atoms with Gasteiger partial charge in [0, 0.05) is 48.7 Å². The van der Waals surface area contributed by atoms with Crippen molar-refractivity contribution < 1.29 is 19.4 Å². The predicted molar refractivity (Wildman–Crippen MR) is 174 cm³/mol. The summed E-state index contributed by atoms with van der Waals surface area (Å²) in [5.41, 5.74) is 2.63. The van der Waals surface area contributed by atoms with E-state index in [1.807, 2.05) is 24.3 Å². The fourth-order valence-electron chi connectivity index (χ4n) is 3.73. The highest BCUT2D eigenvalue weighted by atomic mass is 32.1. The molecule has 2 atom stereocenters. The molecule has 0 spiro atoms. The number of nitrogens with zero attached hydrogens (tertiary/aromatic N) is 2. The molecule has 0 unspecified atom stereocenters. The minimum Gasteiger partial charge on any atom is -0.351 e. The molecule has 0 bridgehead atoms. The third-order valence-electron chi connectivity index (χ3n) is 6.08. The summed E-state index contributed by atoms with van der Waals surface area (Å²) in [5.74, 6) is -0.593. The van der Waals surface area contributed by atoms with Crippen LogP contribution in [0.25, 0.3) is 0 Å². The monoisotopic (exact) mass is 638 g/mol. The van der Waals surface area contributed by atoms with Gasteiger partial charge in [-0.25, -0.2) is 0 Å². The highest BCUT2D eigenvalue weighted by Crippen LogP contribution is 2.16. The van der Waals surface area contributed by atoms with Crippen molar-refractivity contribution in [1.29, 1.82) is 0 Å². The van der Waals surface area contributed by atoms with E-state index < -0.39 is 21.9 Å². The molecular weight excluding hydrogens is 608 g/mol. The number of anilines is 2. The van der Waals surface area contributed by atoms with Crippen molar-refractivity contribution in [1.82, 2.24) is 21.3 Å². The first kappa shape index (κ1) is 33.3. The number of nitrogens with one attached hydrogen (secondary N) is 6. The predicted octanol–water partition coefficient (Wildman–Crippen LogP) is 3.49. The number of non-ortho nitro benzene ring substituents is 2. The van der Waals surface area contributed by atoms with Gasteiger partial charge in [0.2, 0.25) is 11.8 Å². The van der Waals surface area contributed by atoms with Crippen molar-refractivity contribution >= 4 is 69.2 Å². The van der Waals surface area contributed by atoms with E-state index in [2.05, 4.69) is 31.9 Å². The van der Waals surface area contributed by atoms with Gasteiger partial charge in [-0.05, 0) is 73.7 Å². The number of nitro benzene ring substituents is 2. The Labute approximate surface area is 263 Å². The Bertz CT molecular complexity index is 1430. The first-order chi connectivity index (χ1) is 20.9. The molecule has 0 aliphatic carbocycles. The Balaban J connectivity index is 1.40. The van der Waals surface area contributed by atoms with Crippen LogP contribution < -0.4 is 31.9 Å². The number of carbonyl (C=O) groups is 2. The molecule has 230 valence electrons. The molecule has 0 heterocycles. The molecule has 2 amide bonds. The molecule has 0 aromatic heterocycles. The maximum atomic E-state index is 12.6. The number of hydrogen-bond donors (Lipinski definition) is 6. The minimum atomic E-state index is -0.662. The van der Waals surface area contributed by atoms with Gasteiger partial charge in [-0.1, -0.05) is 24.3 Å². The lowest BCUT2D eigenvalue weighted by Crippen LogP contribution is -2.46. The average Bonchev–Trinajstić information content (AvgIpc) is 2.99. The molecule has 0 saturated heterocycles. The van der Waals surface area contributed by atoms with Crippen molar-refractivity contribution in [3.8, 4) is 0 Å². The lowest BCUT2D eigenvalue weighted by molar-refractivity contribution is -0.385. The molecular formula is C28H30N8O6S2. The van der Waals surface area contributed by atoms with Gasteiger partial charge >= 0.3 is 0 Å². The van der Waals surface area contributed by atoms with E-state index in [1.165, 1.54) is 48.5 Å². The smallest absolute Gasteiger partial charge is 0.269 e. The van der Waals surface area contributed by atoms with E-state index in [4.69, 9.17) is 24.4 Å². The van der Waals surface area contributed by atoms with Crippen molar-refractivity contribution in [2.75, 3.05) is 10.6 Å². The van der Waals surface area contributed by atoms with Crippen molar-refractivity contribution in [3.63, 3.8) is 0 Å². The molecule has 0 aliphatic heterocycles. The molecule has 0 saturated carbocycles. The highest BCUT2D eigenvalue weighted by molar-refractivity contribution is 7.80. The fourth-order valence-corrected chi connectivity index (χ4v) is 4.32. The van der Waals surface area contributed by atoms with Gasteiger partial charge in [0.1, 0.15) is 12.1 Å². The summed E-state index contributed by atoms with van der Waals surface area (Å²) in [5, 5.41) is 39.1. The second-order valence-electron chi connectivity index (χ2n) is 9.50. The number of rotatable bonds is 12. The summed E-state index contributed by atoms with van der Waals surface area (Å²) < 4.78 is 0. The summed E-state index contributed by atoms with van der Waals surface area (Å²) in [6.07, 6.45) is 0. The summed E-state index contributed by atoms with van der Waals surface area (Å²) in [4.78, 5) is 45.8. The summed E-state index contributed by atoms with van der Waals surface area (Å²) in [6.45, 7) is 3.78. The molecule has 16 heteroatoms. The number of benzene rings is 3. The summed E-state index contributed by atoms with van der Waals surface area (Å²) in [6, 6.07) is 17.5. The van der Waals surface area contributed by atoms with E-state index in [1.54, 1.807) is 13.8 Å². The van der Waals surface area contributed by atoms with Crippen LogP contribution in [-0.2, 0) is 22.7 Å². The number of hydrogen-bond acceptors (Lipinski definition) is 8. The second-order valence-corrected chi connectivity index (χ2v) is 10.3. The van der Waals surface area contributed by atoms with Crippen LogP contribution in [0.15, 0.2) is 72.8 Å². The van der Waals surface area contributed by atoms with E-state index in [-0.39, 0.29) is 46.5 Å². The number of nitro groups is 2. The maximum Gasteiger partial charge on any atom is 0.269 e. The van der Waals surface area contributed by atoms with Crippen LogP contribution in [0.4, 0.5) is 22.7 Å². The van der Waals surface area contributed by atoms with Gasteiger partial charge in [-0.3, -0.25) is 29.8 Å². The molecule has 0 fully saturated rings. The summed E-state index contributed by atoms with van der Waals surface area (Å²) in [7, 11) is 0. The zero-order valence-corrected chi connectivity index (χ0v) is 25.3. The van der Waals surface area contributed by atoms with Gasteiger partial charge < -0.3 is 31.9 Å². The quantitative estimate of drug-likeness (QED) is 0.0963. The summed E-state index contributed by atoms with van der Waals surface area (Å²) >= 11 is 10.5. The van der Waals surface area contributed by atoms with Crippen LogP contribution >= 0.6 is 24.4 Å². The topological polar surface area (TPSA) is 193 Å². The van der Waals surface area contributed by atoms with Crippen LogP contribution in [0, 0.1) is 20.2 Å². The van der Waals surface area contributed by atoms with E-state index in [0.717, 1.165) is 11.1 Å². The van der Waals surface area contributed by atoms with Crippen LogP contribution in [0.1, 0.15) is 25.0 Å². The van der Waals surface area contributed by atoms with Crippen LogP contribution in [0.2, 0.25) is 0 Å². The highest BCUT2D eigenvalue weighted by Gasteiger charge is 2.16. The molecule has 0 aliphatic rings. The standard InChI is InChI=1S/C28H30N8O6S2/c1-17(31-27(43)33-21-6-10-23(11-7-21)35(39)40)25(37)29-15-19-4-3-5-20(14-19)16-30-26(38)18(2)32-28(44)34-22-8-12-24(13-9-22)36(41)42/h3-14,17-18H,15-16H2,1-2H3,(H,29,37)(H,30,38)(H2,31,33,43)(H2,32,34,44)/t17-,18-/m0/s1. The van der Waals surface area contributed by atoms with Crippen molar-refractivity contribution in [2.24, 2.45) is 0 Å². The second kappa shape index (κ2) is 15.9. The number of amides is 2. The van der Waals surface area contributed by atoms with Crippen molar-refractivity contribution in [3.05, 3.63) is 104 Å². The molecule has 3 rings (SSSR count). The zero-order chi connectivity index (χ0) is 32.2. The zero-order valence-electron chi connectivity index (χ0n) is 23.7. The van der Waals surface area contributed by atoms with Gasteiger partial charge in [0.15, 0.2) is 10.2 Å². The normalized spacial score (nSPS) is 11.7. The van der Waals surface area contributed by atoms with E-state index in [9.17, 15) is 29.8 Å². The van der Waals surface area contributed by atoms with Gasteiger partial charge in [0.05, 0.1) is 9.85 Å². The maximum absolute atomic E-state index is 12.6. The SMILES string of the molecule is C[C@H](NC(=S)Nc1ccc([N+](=O)[O-])cc1)C(=O)NCc1cccc(CNC(=O)[C@H](C)NC(=S)Nc2ccc([N+](=O)[O-])cc2)c1. The molecule has 3 aromatic rings. The first-order valence-electron chi connectivity index (χ1n) is 13.2. The third-order valence-corrected chi connectivity index (χ3v) is 6.52. The lowest BCUT2D eigenvalue weighted by atomic mass is 10.1. The van der Waals surface area contributed by atoms with Crippen LogP contribution in [0.5, 0.6) is 0 Å². The Morgan fingerprint density at radius 3 is 1.39 bits per heavy atom. The van der Waals surface area contributed by atoms with E-state index >= 15 is 0 Å². The molecule has 6 N–H and O–H groups in total. The molecule has 44 heavy (non-hydrogen) atoms. The van der Waals surface area contributed by atoms with Gasteiger partial charge in [-0.2, -0.15) is 0 Å². The molecule has 14 nitrogen and oxygen atoms in total. The van der Waals surface area contributed by atoms with Crippen molar-refractivity contribution in [2.45, 2.75) is 39.0 Å². The Kier molecular flexibility index (Phi) is 12.0. The number of thiocarbonyl (C=S) groups is 2.